The van der Waals surface area contributed by atoms with E-state index in [4.69, 9.17) is 4.42 Å². The molecule has 0 saturated carbocycles. The lowest BCUT2D eigenvalue weighted by Crippen LogP contribution is -2.28. The molecule has 0 fully saturated rings. The summed E-state index contributed by atoms with van der Waals surface area (Å²) in [6.07, 6.45) is 0. The number of furan rings is 1. The lowest BCUT2D eigenvalue weighted by Gasteiger charge is -2.13. The molecule has 1 N–H and O–H groups in total. The van der Waals surface area contributed by atoms with Crippen molar-refractivity contribution in [2.45, 2.75) is 13.5 Å². The van der Waals surface area contributed by atoms with E-state index in [1.807, 2.05) is 30.3 Å². The first-order valence-electron chi connectivity index (χ1n) is 7.60. The Morgan fingerprint density at radius 2 is 2.09 bits per heavy atom. The maximum atomic E-state index is 5.90. The molecule has 0 spiro atoms. The van der Waals surface area contributed by atoms with Crippen molar-refractivity contribution in [1.29, 1.82) is 0 Å². The van der Waals surface area contributed by atoms with Gasteiger partial charge in [-0.05, 0) is 37.9 Å². The van der Waals surface area contributed by atoms with E-state index in [0.29, 0.717) is 0 Å². The van der Waals surface area contributed by atoms with Crippen LogP contribution in [0.25, 0.3) is 21.0 Å². The van der Waals surface area contributed by atoms with E-state index in [0.717, 1.165) is 48.2 Å². The summed E-state index contributed by atoms with van der Waals surface area (Å²) in [4.78, 5) is 6.90. The molecule has 22 heavy (non-hydrogen) atoms. The van der Waals surface area contributed by atoms with Crippen LogP contribution < -0.4 is 5.32 Å². The summed E-state index contributed by atoms with van der Waals surface area (Å²) in [5, 5.41) is 4.35. The molecule has 1 aromatic carbocycles. The second-order valence-electron chi connectivity index (χ2n) is 5.33. The zero-order chi connectivity index (χ0) is 15.4. The maximum Gasteiger partial charge on any atom is 0.163 e. The number of rotatable bonds is 7. The molecule has 2 aromatic heterocycles. The van der Waals surface area contributed by atoms with Crippen molar-refractivity contribution in [1.82, 2.24) is 15.2 Å². The van der Waals surface area contributed by atoms with Crippen LogP contribution in [0.4, 0.5) is 0 Å². The highest BCUT2D eigenvalue weighted by atomic mass is 32.1. The van der Waals surface area contributed by atoms with Gasteiger partial charge in [-0.1, -0.05) is 19.1 Å². The number of thiazole rings is 1. The Morgan fingerprint density at radius 1 is 1.23 bits per heavy atom. The SMILES string of the molecule is CCN(C)CCNCc1ccc(-c2nc3ccccc3s2)o1. The number of hydrogen-bond acceptors (Lipinski definition) is 5. The van der Waals surface area contributed by atoms with E-state index in [-0.39, 0.29) is 0 Å². The summed E-state index contributed by atoms with van der Waals surface area (Å²) >= 11 is 1.67. The number of fused-ring (bicyclic) bond motifs is 1. The fourth-order valence-electron chi connectivity index (χ4n) is 2.21. The Hall–Kier alpha value is -1.69. The molecule has 0 atom stereocenters. The van der Waals surface area contributed by atoms with Crippen molar-refractivity contribution < 1.29 is 4.42 Å². The van der Waals surface area contributed by atoms with Crippen LogP contribution in [0.15, 0.2) is 40.8 Å². The third-order valence-corrected chi connectivity index (χ3v) is 4.73. The van der Waals surface area contributed by atoms with E-state index >= 15 is 0 Å². The number of aromatic nitrogens is 1. The first-order valence-corrected chi connectivity index (χ1v) is 8.42. The third-order valence-electron chi connectivity index (χ3n) is 3.68. The van der Waals surface area contributed by atoms with Crippen molar-refractivity contribution in [3.8, 4) is 10.8 Å². The van der Waals surface area contributed by atoms with E-state index in [1.54, 1.807) is 11.3 Å². The minimum atomic E-state index is 0.752. The highest BCUT2D eigenvalue weighted by molar-refractivity contribution is 7.21. The molecular formula is C17H21N3OS. The molecular weight excluding hydrogens is 294 g/mol. The van der Waals surface area contributed by atoms with Crippen LogP contribution in [0.3, 0.4) is 0 Å². The van der Waals surface area contributed by atoms with Crippen LogP contribution in [-0.2, 0) is 6.54 Å². The first-order chi connectivity index (χ1) is 10.8. The predicted molar refractivity (Wildman–Crippen MR) is 92.2 cm³/mol. The minimum absolute atomic E-state index is 0.752. The molecule has 5 heteroatoms. The third kappa shape index (κ3) is 3.55. The smallest absolute Gasteiger partial charge is 0.163 e. The van der Waals surface area contributed by atoms with Crippen LogP contribution in [0.5, 0.6) is 0 Å². The summed E-state index contributed by atoms with van der Waals surface area (Å²) in [7, 11) is 2.12. The molecule has 0 aliphatic heterocycles. The Bertz CT molecular complexity index is 701. The molecule has 4 nitrogen and oxygen atoms in total. The monoisotopic (exact) mass is 315 g/mol. The van der Waals surface area contributed by atoms with Crippen molar-refractivity contribution in [3.63, 3.8) is 0 Å². The van der Waals surface area contributed by atoms with Gasteiger partial charge in [0.25, 0.3) is 0 Å². The van der Waals surface area contributed by atoms with Crippen LogP contribution in [0.1, 0.15) is 12.7 Å². The molecule has 2 heterocycles. The number of benzene rings is 1. The minimum Gasteiger partial charge on any atom is -0.457 e. The highest BCUT2D eigenvalue weighted by Gasteiger charge is 2.10. The van der Waals surface area contributed by atoms with E-state index in [2.05, 4.69) is 35.2 Å². The quantitative estimate of drug-likeness (QED) is 0.676. The maximum absolute atomic E-state index is 5.90. The van der Waals surface area contributed by atoms with Crippen LogP contribution in [0.2, 0.25) is 0 Å². The molecule has 0 saturated heterocycles. The zero-order valence-electron chi connectivity index (χ0n) is 13.0. The van der Waals surface area contributed by atoms with Crippen LogP contribution in [-0.4, -0.2) is 36.6 Å². The van der Waals surface area contributed by atoms with Gasteiger partial charge in [-0.25, -0.2) is 4.98 Å². The number of likely N-dealkylation sites (N-methyl/N-ethyl adjacent to an activating group) is 1. The number of hydrogen-bond donors (Lipinski definition) is 1. The number of nitrogens with zero attached hydrogens (tertiary/aromatic N) is 2. The van der Waals surface area contributed by atoms with Gasteiger partial charge in [-0.3, -0.25) is 0 Å². The highest BCUT2D eigenvalue weighted by Crippen LogP contribution is 2.30. The normalized spacial score (nSPS) is 11.6. The average molecular weight is 315 g/mol. The van der Waals surface area contributed by atoms with Gasteiger partial charge in [-0.15, -0.1) is 11.3 Å². The van der Waals surface area contributed by atoms with Crippen molar-refractivity contribution in [2.75, 3.05) is 26.7 Å². The Kier molecular flexibility index (Phi) is 4.87. The van der Waals surface area contributed by atoms with E-state index < -0.39 is 0 Å². The fourth-order valence-corrected chi connectivity index (χ4v) is 3.13. The predicted octanol–water partition coefficient (Wildman–Crippen LogP) is 3.60. The summed E-state index contributed by atoms with van der Waals surface area (Å²) < 4.78 is 7.10. The Labute approximate surface area is 134 Å². The second-order valence-corrected chi connectivity index (χ2v) is 6.36. The van der Waals surface area contributed by atoms with Crippen molar-refractivity contribution in [3.05, 3.63) is 42.2 Å². The molecule has 0 unspecified atom stereocenters. The van der Waals surface area contributed by atoms with Gasteiger partial charge < -0.3 is 14.6 Å². The Morgan fingerprint density at radius 3 is 2.91 bits per heavy atom. The second kappa shape index (κ2) is 7.05. The number of nitrogens with one attached hydrogen (secondary N) is 1. The lowest BCUT2D eigenvalue weighted by molar-refractivity contribution is 0.345. The molecule has 3 rings (SSSR count). The Balaban J connectivity index is 1.61. The molecule has 0 aliphatic rings. The molecule has 0 aliphatic carbocycles. The number of para-hydroxylation sites is 1. The van der Waals surface area contributed by atoms with Crippen molar-refractivity contribution >= 4 is 21.6 Å². The van der Waals surface area contributed by atoms with Crippen LogP contribution in [0, 0.1) is 0 Å². The topological polar surface area (TPSA) is 41.3 Å². The molecule has 3 aromatic rings. The summed E-state index contributed by atoms with van der Waals surface area (Å²) in [5.41, 5.74) is 1.03. The largest absolute Gasteiger partial charge is 0.457 e. The summed E-state index contributed by atoms with van der Waals surface area (Å²) in [6.45, 7) is 5.99. The van der Waals surface area contributed by atoms with Crippen molar-refractivity contribution in [2.24, 2.45) is 0 Å². The van der Waals surface area contributed by atoms with E-state index in [1.165, 1.54) is 4.70 Å². The molecule has 0 amide bonds. The van der Waals surface area contributed by atoms with Gasteiger partial charge in [0.05, 0.1) is 16.8 Å². The van der Waals surface area contributed by atoms with E-state index in [9.17, 15) is 0 Å². The average Bonchev–Trinajstić information content (AvgIpc) is 3.17. The van der Waals surface area contributed by atoms with Crippen LogP contribution >= 0.6 is 11.3 Å². The van der Waals surface area contributed by atoms with Gasteiger partial charge in [0.2, 0.25) is 0 Å². The standard InChI is InChI=1S/C17H21N3OS/c1-3-20(2)11-10-18-12-13-8-9-15(21-13)17-19-14-6-4-5-7-16(14)22-17/h4-9,18H,3,10-12H2,1-2H3. The van der Waals surface area contributed by atoms with Gasteiger partial charge in [0.1, 0.15) is 5.76 Å². The van der Waals surface area contributed by atoms with Gasteiger partial charge in [0, 0.05) is 13.1 Å². The molecule has 0 bridgehead atoms. The van der Waals surface area contributed by atoms with Gasteiger partial charge in [0.15, 0.2) is 10.8 Å². The van der Waals surface area contributed by atoms with Gasteiger partial charge in [-0.2, -0.15) is 0 Å². The summed E-state index contributed by atoms with van der Waals surface area (Å²) in [6, 6.07) is 12.2. The fraction of sp³-hybridized carbons (Fsp3) is 0.353. The lowest BCUT2D eigenvalue weighted by atomic mass is 10.3. The molecule has 116 valence electrons. The summed E-state index contributed by atoms with van der Waals surface area (Å²) in [5.74, 6) is 1.80. The molecule has 0 radical (unpaired) electrons. The first kappa shape index (κ1) is 15.2. The van der Waals surface area contributed by atoms with Gasteiger partial charge >= 0.3 is 0 Å². The zero-order valence-corrected chi connectivity index (χ0v) is 13.8.